The first-order valence-corrected chi connectivity index (χ1v) is 7.07. The van der Waals surface area contributed by atoms with Gasteiger partial charge in [-0.2, -0.15) is 5.06 Å². The lowest BCUT2D eigenvalue weighted by molar-refractivity contribution is -0.198. The summed E-state index contributed by atoms with van der Waals surface area (Å²) in [6, 6.07) is 0. The number of ether oxygens (including phenoxy) is 2. The van der Waals surface area contributed by atoms with Crippen LogP contribution in [0.3, 0.4) is 0 Å². The molecule has 0 aromatic carbocycles. The maximum atomic E-state index is 12.2. The summed E-state index contributed by atoms with van der Waals surface area (Å²) in [4.78, 5) is 36.4. The van der Waals surface area contributed by atoms with Gasteiger partial charge in [0.15, 0.2) is 5.78 Å². The van der Waals surface area contributed by atoms with Crippen LogP contribution in [0.4, 0.5) is 4.79 Å². The van der Waals surface area contributed by atoms with E-state index in [-0.39, 0.29) is 24.5 Å². The Balaban J connectivity index is 3.09. The van der Waals surface area contributed by atoms with Crippen LogP contribution in [0.25, 0.3) is 0 Å². The number of carbonyl (C=O) groups is 3. The summed E-state index contributed by atoms with van der Waals surface area (Å²) in [6.07, 6.45) is 0.150. The second-order valence-corrected chi connectivity index (χ2v) is 6.00. The van der Waals surface area contributed by atoms with Crippen LogP contribution in [-0.2, 0) is 19.1 Å². The van der Waals surface area contributed by atoms with Crippen molar-refractivity contribution in [1.82, 2.24) is 5.06 Å². The fraction of sp³-hybridized carbons (Fsp3) is 0.786. The molecule has 0 heterocycles. The third kappa shape index (κ3) is 3.72. The number of nitrogens with zero attached hydrogens (tertiary/aromatic N) is 1. The number of rotatable bonds is 3. The van der Waals surface area contributed by atoms with E-state index in [4.69, 9.17) is 9.47 Å². The lowest BCUT2D eigenvalue weighted by Crippen LogP contribution is -2.63. The minimum Gasteiger partial charge on any atom is -0.464 e. The molecular weight excluding hydrogens is 278 g/mol. The molecule has 0 spiro atoms. The second kappa shape index (κ2) is 6.43. The lowest BCUT2D eigenvalue weighted by atomic mass is 9.80. The zero-order valence-electron chi connectivity index (χ0n) is 13.0. The molecule has 1 atom stereocenters. The van der Waals surface area contributed by atoms with E-state index in [9.17, 15) is 19.6 Å². The topological polar surface area (TPSA) is 93.1 Å². The van der Waals surface area contributed by atoms with Crippen molar-refractivity contribution < 1.29 is 29.1 Å². The number of hydrogen-bond acceptors (Lipinski definition) is 6. The summed E-state index contributed by atoms with van der Waals surface area (Å²) in [5, 5.41) is 10.3. The van der Waals surface area contributed by atoms with Crippen molar-refractivity contribution in [1.29, 1.82) is 0 Å². The normalized spacial score (nSPS) is 22.6. The summed E-state index contributed by atoms with van der Waals surface area (Å²) in [5.74, 6) is -1.44. The van der Waals surface area contributed by atoms with Gasteiger partial charge >= 0.3 is 12.1 Å². The van der Waals surface area contributed by atoms with Gasteiger partial charge in [0, 0.05) is 6.42 Å². The highest BCUT2D eigenvalue weighted by molar-refractivity contribution is 6.10. The smallest absolute Gasteiger partial charge is 0.435 e. The average molecular weight is 301 g/mol. The Morgan fingerprint density at radius 2 is 1.95 bits per heavy atom. The molecule has 1 fully saturated rings. The highest BCUT2D eigenvalue weighted by Gasteiger charge is 2.56. The fourth-order valence-corrected chi connectivity index (χ4v) is 2.25. The summed E-state index contributed by atoms with van der Waals surface area (Å²) >= 11 is 0. The van der Waals surface area contributed by atoms with Crippen molar-refractivity contribution in [2.75, 3.05) is 6.61 Å². The van der Waals surface area contributed by atoms with Crippen LogP contribution in [0, 0.1) is 0 Å². The van der Waals surface area contributed by atoms with Gasteiger partial charge in [-0.3, -0.25) is 10.0 Å². The van der Waals surface area contributed by atoms with E-state index >= 15 is 0 Å². The minimum atomic E-state index is -1.99. The van der Waals surface area contributed by atoms with E-state index in [2.05, 4.69) is 0 Å². The molecule has 0 radical (unpaired) electrons. The van der Waals surface area contributed by atoms with Gasteiger partial charge in [0.05, 0.1) is 6.61 Å². The molecule has 1 aliphatic rings. The minimum absolute atomic E-state index is 0.0282. The first kappa shape index (κ1) is 17.4. The SMILES string of the molecule is CCOC(=O)C1(N(O)C(=O)OC(C)(C)C)CCCCC1=O. The quantitative estimate of drug-likeness (QED) is 0.371. The number of esters is 1. The molecule has 120 valence electrons. The van der Waals surface area contributed by atoms with E-state index in [1.54, 1.807) is 27.7 Å². The van der Waals surface area contributed by atoms with E-state index in [1.165, 1.54) is 0 Å². The zero-order chi connectivity index (χ0) is 16.3. The predicted molar refractivity (Wildman–Crippen MR) is 72.7 cm³/mol. The molecule has 0 saturated heterocycles. The van der Waals surface area contributed by atoms with E-state index in [0.29, 0.717) is 12.8 Å². The van der Waals surface area contributed by atoms with Gasteiger partial charge in [-0.25, -0.2) is 9.59 Å². The number of hydroxylamine groups is 2. The van der Waals surface area contributed by atoms with Gasteiger partial charge in [0.25, 0.3) is 0 Å². The third-order valence-electron chi connectivity index (χ3n) is 3.19. The maximum absolute atomic E-state index is 12.2. The molecular formula is C14H23NO6. The van der Waals surface area contributed by atoms with Crippen LogP contribution >= 0.6 is 0 Å². The number of Topliss-reactive ketones (excluding diaryl/α,β-unsaturated/α-hetero) is 1. The molecule has 1 N–H and O–H groups in total. The number of amides is 1. The predicted octanol–water partition coefficient (Wildman–Crippen LogP) is 2.06. The summed E-state index contributed by atoms with van der Waals surface area (Å²) in [6.45, 7) is 6.51. The van der Waals surface area contributed by atoms with Gasteiger partial charge in [-0.15, -0.1) is 0 Å². The Labute approximate surface area is 124 Å². The second-order valence-electron chi connectivity index (χ2n) is 6.00. The van der Waals surface area contributed by atoms with Crippen LogP contribution < -0.4 is 0 Å². The Morgan fingerprint density at radius 3 is 2.43 bits per heavy atom. The zero-order valence-corrected chi connectivity index (χ0v) is 13.0. The van der Waals surface area contributed by atoms with Crippen LogP contribution in [0.2, 0.25) is 0 Å². The van der Waals surface area contributed by atoms with E-state index in [1.807, 2.05) is 0 Å². The molecule has 1 unspecified atom stereocenters. The summed E-state index contributed by atoms with van der Waals surface area (Å²) in [5.41, 5.74) is -2.85. The molecule has 1 aliphatic carbocycles. The monoisotopic (exact) mass is 301 g/mol. The van der Waals surface area contributed by atoms with Crippen molar-refractivity contribution in [2.24, 2.45) is 0 Å². The third-order valence-corrected chi connectivity index (χ3v) is 3.19. The van der Waals surface area contributed by atoms with Crippen molar-refractivity contribution >= 4 is 17.8 Å². The molecule has 1 rings (SSSR count). The van der Waals surface area contributed by atoms with Crippen LogP contribution in [0.5, 0.6) is 0 Å². The van der Waals surface area contributed by atoms with Crippen molar-refractivity contribution in [3.05, 3.63) is 0 Å². The molecule has 7 nitrogen and oxygen atoms in total. The molecule has 0 aliphatic heterocycles. The Hall–Kier alpha value is -1.63. The van der Waals surface area contributed by atoms with Gasteiger partial charge in [-0.1, -0.05) is 0 Å². The van der Waals surface area contributed by atoms with Gasteiger partial charge in [0.1, 0.15) is 5.60 Å². The van der Waals surface area contributed by atoms with Crippen LogP contribution in [0.15, 0.2) is 0 Å². The number of hydrogen-bond donors (Lipinski definition) is 1. The number of carbonyl (C=O) groups excluding carboxylic acids is 3. The molecule has 0 aromatic rings. The molecule has 21 heavy (non-hydrogen) atoms. The highest BCUT2D eigenvalue weighted by atomic mass is 16.6. The number of ketones is 1. The van der Waals surface area contributed by atoms with Crippen molar-refractivity contribution in [3.8, 4) is 0 Å². The molecule has 1 saturated carbocycles. The summed E-state index contributed by atoms with van der Waals surface area (Å²) in [7, 11) is 0. The molecule has 0 bridgehead atoms. The lowest BCUT2D eigenvalue weighted by Gasteiger charge is -2.38. The Kier molecular flexibility index (Phi) is 5.33. The van der Waals surface area contributed by atoms with Crippen molar-refractivity contribution in [2.45, 2.75) is 64.5 Å². The molecule has 0 aromatic heterocycles. The summed E-state index contributed by atoms with van der Waals surface area (Å²) < 4.78 is 9.92. The largest absolute Gasteiger partial charge is 0.464 e. The fourth-order valence-electron chi connectivity index (χ4n) is 2.25. The van der Waals surface area contributed by atoms with Crippen LogP contribution in [-0.4, -0.2) is 45.9 Å². The van der Waals surface area contributed by atoms with Gasteiger partial charge in [-0.05, 0) is 47.0 Å². The van der Waals surface area contributed by atoms with Crippen LogP contribution in [0.1, 0.15) is 53.4 Å². The van der Waals surface area contributed by atoms with Gasteiger partial charge in [0.2, 0.25) is 5.54 Å². The first-order chi connectivity index (χ1) is 9.65. The van der Waals surface area contributed by atoms with Crippen molar-refractivity contribution in [3.63, 3.8) is 0 Å². The van der Waals surface area contributed by atoms with Gasteiger partial charge < -0.3 is 9.47 Å². The standard InChI is InChI=1S/C14H23NO6/c1-5-20-11(17)14(9-7-6-8-10(14)16)15(19)12(18)21-13(2,3)4/h19H,5-9H2,1-4H3. The Bertz CT molecular complexity index is 428. The average Bonchev–Trinajstić information content (AvgIpc) is 2.37. The maximum Gasteiger partial charge on any atom is 0.435 e. The molecule has 1 amide bonds. The first-order valence-electron chi connectivity index (χ1n) is 7.07. The highest BCUT2D eigenvalue weighted by Crippen LogP contribution is 2.32. The molecule has 7 heteroatoms. The Morgan fingerprint density at radius 1 is 1.33 bits per heavy atom. The van der Waals surface area contributed by atoms with E-state index < -0.39 is 29.0 Å². The van der Waals surface area contributed by atoms with E-state index in [0.717, 1.165) is 0 Å².